The van der Waals surface area contributed by atoms with Crippen molar-refractivity contribution in [1.29, 1.82) is 0 Å². The summed E-state index contributed by atoms with van der Waals surface area (Å²) in [6.07, 6.45) is -0.342. The standard InChI is InChI=1S/C15H19NO2.C2H2O4/c1-11(17)9-16-10-14-13-6-4-3-5-12(13)7-8-15(14)18-2;3-1(4)2(5)6/h3-8,11,16-17H,9-10H2,1-2H3;(H,3,4)(H,5,6). The number of nitrogens with one attached hydrogen (secondary N) is 1. The van der Waals surface area contributed by atoms with Crippen LogP contribution >= 0.6 is 0 Å². The average molecular weight is 335 g/mol. The van der Waals surface area contributed by atoms with E-state index in [4.69, 9.17) is 24.5 Å². The summed E-state index contributed by atoms with van der Waals surface area (Å²) in [5.74, 6) is -2.77. The van der Waals surface area contributed by atoms with Gasteiger partial charge in [0, 0.05) is 18.7 Å². The molecular formula is C17H21NO6. The van der Waals surface area contributed by atoms with E-state index in [1.54, 1.807) is 14.0 Å². The molecule has 0 saturated carbocycles. The Morgan fingerprint density at radius 3 is 2.29 bits per heavy atom. The molecule has 7 nitrogen and oxygen atoms in total. The van der Waals surface area contributed by atoms with Crippen LogP contribution in [0.15, 0.2) is 36.4 Å². The molecule has 0 bridgehead atoms. The van der Waals surface area contributed by atoms with Gasteiger partial charge in [0.15, 0.2) is 0 Å². The first-order valence-corrected chi connectivity index (χ1v) is 7.26. The maximum atomic E-state index is 9.28. The van der Waals surface area contributed by atoms with Crippen molar-refractivity contribution < 1.29 is 29.6 Å². The Hall–Kier alpha value is -2.64. The van der Waals surface area contributed by atoms with Crippen molar-refractivity contribution in [2.75, 3.05) is 13.7 Å². The van der Waals surface area contributed by atoms with Gasteiger partial charge in [-0.1, -0.05) is 30.3 Å². The second-order valence-corrected chi connectivity index (χ2v) is 5.06. The van der Waals surface area contributed by atoms with E-state index < -0.39 is 11.9 Å². The second kappa shape index (κ2) is 9.49. The number of carboxylic acid groups (broad SMARTS) is 2. The van der Waals surface area contributed by atoms with Gasteiger partial charge in [0.1, 0.15) is 5.75 Å². The molecule has 24 heavy (non-hydrogen) atoms. The summed E-state index contributed by atoms with van der Waals surface area (Å²) in [4.78, 5) is 18.2. The van der Waals surface area contributed by atoms with Crippen LogP contribution in [0.1, 0.15) is 12.5 Å². The summed E-state index contributed by atoms with van der Waals surface area (Å²) in [6, 6.07) is 12.3. The normalized spacial score (nSPS) is 11.3. The minimum atomic E-state index is -1.82. The molecule has 0 radical (unpaired) electrons. The lowest BCUT2D eigenvalue weighted by molar-refractivity contribution is -0.159. The molecular weight excluding hydrogens is 314 g/mol. The summed E-state index contributed by atoms with van der Waals surface area (Å²) in [7, 11) is 1.68. The maximum Gasteiger partial charge on any atom is 0.414 e. The number of ether oxygens (including phenoxy) is 1. The summed E-state index contributed by atoms with van der Waals surface area (Å²) in [5.41, 5.74) is 1.14. The molecule has 0 aromatic heterocycles. The quantitative estimate of drug-likeness (QED) is 0.611. The number of carboxylic acids is 2. The van der Waals surface area contributed by atoms with Crippen molar-refractivity contribution in [1.82, 2.24) is 5.32 Å². The van der Waals surface area contributed by atoms with Crippen LogP contribution in [0.4, 0.5) is 0 Å². The predicted octanol–water partition coefficient (Wildman–Crippen LogP) is 1.47. The van der Waals surface area contributed by atoms with Crippen molar-refractivity contribution in [2.45, 2.75) is 19.6 Å². The topological polar surface area (TPSA) is 116 Å². The zero-order chi connectivity index (χ0) is 18.1. The third-order valence-corrected chi connectivity index (χ3v) is 3.14. The van der Waals surface area contributed by atoms with Gasteiger partial charge in [-0.3, -0.25) is 0 Å². The van der Waals surface area contributed by atoms with Crippen molar-refractivity contribution in [3.8, 4) is 5.75 Å². The lowest BCUT2D eigenvalue weighted by atomic mass is 10.0. The number of benzene rings is 2. The van der Waals surface area contributed by atoms with Gasteiger partial charge in [-0.15, -0.1) is 0 Å². The van der Waals surface area contributed by atoms with Gasteiger partial charge in [-0.25, -0.2) is 9.59 Å². The molecule has 0 amide bonds. The first-order chi connectivity index (χ1) is 11.4. The van der Waals surface area contributed by atoms with Crippen LogP contribution in [0.3, 0.4) is 0 Å². The SMILES string of the molecule is COc1ccc2ccccc2c1CNCC(C)O.O=C(O)C(=O)O. The van der Waals surface area contributed by atoms with Gasteiger partial charge < -0.3 is 25.4 Å². The molecule has 130 valence electrons. The third kappa shape index (κ3) is 5.86. The van der Waals surface area contributed by atoms with E-state index in [2.05, 4.69) is 23.5 Å². The number of aliphatic hydroxyl groups excluding tert-OH is 1. The molecule has 0 heterocycles. The first kappa shape index (κ1) is 19.4. The number of carbonyl (C=O) groups is 2. The highest BCUT2D eigenvalue weighted by atomic mass is 16.5. The van der Waals surface area contributed by atoms with Crippen LogP contribution in [0, 0.1) is 0 Å². The summed E-state index contributed by atoms with van der Waals surface area (Å²) in [6.45, 7) is 3.04. The summed E-state index contributed by atoms with van der Waals surface area (Å²) >= 11 is 0. The highest BCUT2D eigenvalue weighted by Crippen LogP contribution is 2.27. The fraction of sp³-hybridized carbons (Fsp3) is 0.294. The van der Waals surface area contributed by atoms with E-state index >= 15 is 0 Å². The number of aliphatic carboxylic acids is 2. The van der Waals surface area contributed by atoms with Gasteiger partial charge >= 0.3 is 11.9 Å². The first-order valence-electron chi connectivity index (χ1n) is 7.26. The lowest BCUT2D eigenvalue weighted by Crippen LogP contribution is -2.24. The Kier molecular flexibility index (Phi) is 7.67. The monoisotopic (exact) mass is 335 g/mol. The van der Waals surface area contributed by atoms with Crippen molar-refractivity contribution in [2.24, 2.45) is 0 Å². The Morgan fingerprint density at radius 2 is 1.75 bits per heavy atom. The van der Waals surface area contributed by atoms with Gasteiger partial charge in [-0.2, -0.15) is 0 Å². The molecule has 2 aromatic carbocycles. The highest BCUT2D eigenvalue weighted by molar-refractivity contribution is 6.27. The third-order valence-electron chi connectivity index (χ3n) is 3.14. The van der Waals surface area contributed by atoms with Crippen LogP contribution in [0.2, 0.25) is 0 Å². The molecule has 0 aliphatic carbocycles. The number of rotatable bonds is 5. The van der Waals surface area contributed by atoms with E-state index in [0.29, 0.717) is 13.1 Å². The number of aliphatic hydroxyl groups is 1. The van der Waals surface area contributed by atoms with E-state index in [-0.39, 0.29) is 6.10 Å². The molecule has 1 atom stereocenters. The molecule has 0 aliphatic rings. The minimum Gasteiger partial charge on any atom is -0.496 e. The Labute approximate surface area is 139 Å². The molecule has 7 heteroatoms. The number of hydrogen-bond acceptors (Lipinski definition) is 5. The minimum absolute atomic E-state index is 0.342. The van der Waals surface area contributed by atoms with Crippen molar-refractivity contribution in [3.63, 3.8) is 0 Å². The molecule has 2 aromatic rings. The van der Waals surface area contributed by atoms with Crippen molar-refractivity contribution >= 4 is 22.7 Å². The van der Waals surface area contributed by atoms with Gasteiger partial charge in [0.05, 0.1) is 13.2 Å². The zero-order valence-electron chi connectivity index (χ0n) is 13.5. The molecule has 1 unspecified atom stereocenters. The number of hydrogen-bond donors (Lipinski definition) is 4. The second-order valence-electron chi connectivity index (χ2n) is 5.06. The van der Waals surface area contributed by atoms with Gasteiger partial charge in [0.2, 0.25) is 0 Å². The number of fused-ring (bicyclic) bond motifs is 1. The van der Waals surface area contributed by atoms with E-state index in [1.807, 2.05) is 18.2 Å². The largest absolute Gasteiger partial charge is 0.496 e. The van der Waals surface area contributed by atoms with Crippen LogP contribution in [-0.4, -0.2) is 47.0 Å². The van der Waals surface area contributed by atoms with Gasteiger partial charge in [0.25, 0.3) is 0 Å². The van der Waals surface area contributed by atoms with Crippen LogP contribution < -0.4 is 10.1 Å². The van der Waals surface area contributed by atoms with Crippen LogP contribution in [0.5, 0.6) is 5.75 Å². The zero-order valence-corrected chi connectivity index (χ0v) is 13.5. The predicted molar refractivity (Wildman–Crippen MR) is 89.2 cm³/mol. The Bertz CT molecular complexity index is 687. The molecule has 2 rings (SSSR count). The Balaban J connectivity index is 0.000000413. The molecule has 0 fully saturated rings. The van der Waals surface area contributed by atoms with Crippen LogP contribution in [0.25, 0.3) is 10.8 Å². The maximum absolute atomic E-state index is 9.28. The lowest BCUT2D eigenvalue weighted by Gasteiger charge is -2.13. The van der Waals surface area contributed by atoms with Crippen LogP contribution in [-0.2, 0) is 16.1 Å². The summed E-state index contributed by atoms with van der Waals surface area (Å²) < 4.78 is 5.41. The molecule has 0 spiro atoms. The van der Waals surface area contributed by atoms with Crippen molar-refractivity contribution in [3.05, 3.63) is 42.0 Å². The average Bonchev–Trinajstić information content (AvgIpc) is 2.55. The van der Waals surface area contributed by atoms with E-state index in [9.17, 15) is 5.11 Å². The van der Waals surface area contributed by atoms with E-state index in [1.165, 1.54) is 10.8 Å². The number of methoxy groups -OCH3 is 1. The fourth-order valence-electron chi connectivity index (χ4n) is 2.10. The molecule has 0 aliphatic heterocycles. The van der Waals surface area contributed by atoms with E-state index in [0.717, 1.165) is 11.3 Å². The highest BCUT2D eigenvalue weighted by Gasteiger charge is 2.08. The Morgan fingerprint density at radius 1 is 1.12 bits per heavy atom. The summed E-state index contributed by atoms with van der Waals surface area (Å²) in [5, 5.41) is 29.7. The smallest absolute Gasteiger partial charge is 0.414 e. The molecule has 4 N–H and O–H groups in total. The van der Waals surface area contributed by atoms with Gasteiger partial charge in [-0.05, 0) is 23.8 Å². The fourth-order valence-corrected chi connectivity index (χ4v) is 2.10. The molecule has 0 saturated heterocycles.